The average Bonchev–Trinajstić information content (AvgIpc) is 2.12. The highest BCUT2D eigenvalue weighted by atomic mass is 16.3. The van der Waals surface area contributed by atoms with E-state index in [9.17, 15) is 5.11 Å². The first kappa shape index (κ1) is 9.21. The number of nitrogens with two attached hydrogens (primary N) is 1. The zero-order chi connectivity index (χ0) is 10.0. The Kier molecular flexibility index (Phi) is 2.25. The summed E-state index contributed by atoms with van der Waals surface area (Å²) in [5, 5.41) is 12.9. The second kappa shape index (κ2) is 3.42. The van der Waals surface area contributed by atoms with Gasteiger partial charge in [-0.05, 0) is 25.3 Å². The molecular formula is C9H14N4O. The number of nitrogens with zero attached hydrogens (tertiary/aromatic N) is 2. The summed E-state index contributed by atoms with van der Waals surface area (Å²) in [6.45, 7) is 0.531. The smallest absolute Gasteiger partial charge is 0.221 e. The summed E-state index contributed by atoms with van der Waals surface area (Å²) in [6, 6.07) is 1.73. The van der Waals surface area contributed by atoms with Crippen LogP contribution in [0.2, 0.25) is 0 Å². The van der Waals surface area contributed by atoms with Crippen molar-refractivity contribution in [3.63, 3.8) is 0 Å². The van der Waals surface area contributed by atoms with E-state index in [0.29, 0.717) is 12.4 Å². The van der Waals surface area contributed by atoms with E-state index in [1.54, 1.807) is 12.3 Å². The molecule has 5 heteroatoms. The molecule has 1 heterocycles. The minimum absolute atomic E-state index is 0.246. The third-order valence-corrected chi connectivity index (χ3v) is 2.56. The van der Waals surface area contributed by atoms with Crippen molar-refractivity contribution < 1.29 is 5.11 Å². The first-order chi connectivity index (χ1) is 6.68. The molecule has 4 N–H and O–H groups in total. The number of nitrogens with one attached hydrogen (secondary N) is 1. The lowest BCUT2D eigenvalue weighted by Crippen LogP contribution is -2.43. The van der Waals surface area contributed by atoms with Crippen molar-refractivity contribution in [3.8, 4) is 0 Å². The van der Waals surface area contributed by atoms with E-state index in [0.717, 1.165) is 19.3 Å². The Bertz CT molecular complexity index is 324. The number of aromatic nitrogens is 2. The lowest BCUT2D eigenvalue weighted by Gasteiger charge is -2.36. The highest BCUT2D eigenvalue weighted by Crippen LogP contribution is 2.31. The minimum Gasteiger partial charge on any atom is -0.388 e. The minimum atomic E-state index is -0.542. The maximum atomic E-state index is 9.80. The summed E-state index contributed by atoms with van der Waals surface area (Å²) in [7, 11) is 0. The SMILES string of the molecule is Nc1nccc(NCC2(O)CCC2)n1. The molecule has 2 rings (SSSR count). The van der Waals surface area contributed by atoms with Crippen molar-refractivity contribution in [2.45, 2.75) is 24.9 Å². The number of hydrogen-bond acceptors (Lipinski definition) is 5. The summed E-state index contributed by atoms with van der Waals surface area (Å²) in [6.07, 6.45) is 4.42. The molecule has 1 saturated carbocycles. The molecule has 14 heavy (non-hydrogen) atoms. The van der Waals surface area contributed by atoms with Gasteiger partial charge in [0.25, 0.3) is 0 Å². The molecule has 0 unspecified atom stereocenters. The topological polar surface area (TPSA) is 84.1 Å². The van der Waals surface area contributed by atoms with Crippen molar-refractivity contribution in [2.24, 2.45) is 0 Å². The van der Waals surface area contributed by atoms with Crippen molar-refractivity contribution in [1.29, 1.82) is 0 Å². The number of anilines is 2. The van der Waals surface area contributed by atoms with Gasteiger partial charge in [-0.3, -0.25) is 0 Å². The fraction of sp³-hybridized carbons (Fsp3) is 0.556. The lowest BCUT2D eigenvalue weighted by atomic mass is 9.80. The predicted molar refractivity (Wildman–Crippen MR) is 53.7 cm³/mol. The molecule has 1 aliphatic carbocycles. The summed E-state index contributed by atoms with van der Waals surface area (Å²) in [4.78, 5) is 7.76. The number of nitrogen functional groups attached to an aromatic ring is 1. The molecule has 0 bridgehead atoms. The average molecular weight is 194 g/mol. The Balaban J connectivity index is 1.91. The van der Waals surface area contributed by atoms with E-state index in [2.05, 4.69) is 15.3 Å². The molecule has 0 aromatic carbocycles. The molecule has 1 aromatic rings. The third-order valence-electron chi connectivity index (χ3n) is 2.56. The fourth-order valence-electron chi connectivity index (χ4n) is 1.49. The summed E-state index contributed by atoms with van der Waals surface area (Å²) < 4.78 is 0. The van der Waals surface area contributed by atoms with Gasteiger partial charge in [0, 0.05) is 12.7 Å². The molecule has 1 aliphatic rings. The first-order valence-corrected chi connectivity index (χ1v) is 4.73. The fourth-order valence-corrected chi connectivity index (χ4v) is 1.49. The summed E-state index contributed by atoms with van der Waals surface area (Å²) >= 11 is 0. The quantitative estimate of drug-likeness (QED) is 0.648. The van der Waals surface area contributed by atoms with Gasteiger partial charge in [-0.1, -0.05) is 0 Å². The Morgan fingerprint density at radius 1 is 1.57 bits per heavy atom. The maximum absolute atomic E-state index is 9.80. The summed E-state index contributed by atoms with van der Waals surface area (Å²) in [5.74, 6) is 0.911. The van der Waals surface area contributed by atoms with Gasteiger partial charge in [-0.15, -0.1) is 0 Å². The van der Waals surface area contributed by atoms with Crippen LogP contribution in [0.1, 0.15) is 19.3 Å². The van der Waals surface area contributed by atoms with Gasteiger partial charge in [-0.2, -0.15) is 4.98 Å². The van der Waals surface area contributed by atoms with Crippen LogP contribution >= 0.6 is 0 Å². The zero-order valence-corrected chi connectivity index (χ0v) is 7.90. The Morgan fingerprint density at radius 2 is 2.36 bits per heavy atom. The second-order valence-corrected chi connectivity index (χ2v) is 3.73. The van der Waals surface area contributed by atoms with E-state index < -0.39 is 5.60 Å². The van der Waals surface area contributed by atoms with Crippen LogP contribution in [0.4, 0.5) is 11.8 Å². The molecule has 0 atom stereocenters. The second-order valence-electron chi connectivity index (χ2n) is 3.73. The normalized spacial score (nSPS) is 18.6. The van der Waals surface area contributed by atoms with E-state index in [1.165, 1.54) is 0 Å². The van der Waals surface area contributed by atoms with Gasteiger partial charge in [0.2, 0.25) is 5.95 Å². The highest BCUT2D eigenvalue weighted by molar-refractivity contribution is 5.37. The van der Waals surface area contributed by atoms with E-state index in [-0.39, 0.29) is 5.95 Å². The van der Waals surface area contributed by atoms with Gasteiger partial charge in [-0.25, -0.2) is 4.98 Å². The van der Waals surface area contributed by atoms with Crippen LogP contribution in [0.25, 0.3) is 0 Å². The third kappa shape index (κ3) is 1.93. The monoisotopic (exact) mass is 194 g/mol. The number of aliphatic hydroxyl groups is 1. The van der Waals surface area contributed by atoms with Crippen LogP contribution in [0, 0.1) is 0 Å². The molecule has 0 spiro atoms. The Morgan fingerprint density at radius 3 is 2.93 bits per heavy atom. The highest BCUT2D eigenvalue weighted by Gasteiger charge is 2.33. The van der Waals surface area contributed by atoms with Crippen molar-refractivity contribution in [2.75, 3.05) is 17.6 Å². The van der Waals surface area contributed by atoms with Crippen LogP contribution in [-0.2, 0) is 0 Å². The molecule has 0 aliphatic heterocycles. The van der Waals surface area contributed by atoms with Gasteiger partial charge in [0.15, 0.2) is 0 Å². The molecule has 0 radical (unpaired) electrons. The standard InChI is InChI=1S/C9H14N4O/c10-8-11-5-2-7(13-8)12-6-9(14)3-1-4-9/h2,5,14H,1,3-4,6H2,(H3,10,11,12,13). The molecular weight excluding hydrogens is 180 g/mol. The molecule has 0 saturated heterocycles. The largest absolute Gasteiger partial charge is 0.388 e. The zero-order valence-electron chi connectivity index (χ0n) is 7.90. The van der Waals surface area contributed by atoms with Crippen LogP contribution in [0.15, 0.2) is 12.3 Å². The van der Waals surface area contributed by atoms with Gasteiger partial charge in [0.05, 0.1) is 5.60 Å². The van der Waals surface area contributed by atoms with Crippen molar-refractivity contribution >= 4 is 11.8 Å². The van der Waals surface area contributed by atoms with Crippen molar-refractivity contribution in [1.82, 2.24) is 9.97 Å². The number of rotatable bonds is 3. The lowest BCUT2D eigenvalue weighted by molar-refractivity contribution is -0.0202. The molecule has 5 nitrogen and oxygen atoms in total. The van der Waals surface area contributed by atoms with Crippen molar-refractivity contribution in [3.05, 3.63) is 12.3 Å². The number of hydrogen-bond donors (Lipinski definition) is 3. The Hall–Kier alpha value is -1.36. The van der Waals surface area contributed by atoms with Gasteiger partial charge >= 0.3 is 0 Å². The van der Waals surface area contributed by atoms with E-state index in [4.69, 9.17) is 5.73 Å². The summed E-state index contributed by atoms with van der Waals surface area (Å²) in [5.41, 5.74) is 4.88. The first-order valence-electron chi connectivity index (χ1n) is 4.73. The van der Waals surface area contributed by atoms with Gasteiger partial charge < -0.3 is 16.2 Å². The molecule has 1 fully saturated rings. The van der Waals surface area contributed by atoms with Crippen LogP contribution in [0.5, 0.6) is 0 Å². The van der Waals surface area contributed by atoms with Crippen LogP contribution in [0.3, 0.4) is 0 Å². The van der Waals surface area contributed by atoms with Crippen LogP contribution in [-0.4, -0.2) is 27.2 Å². The molecule has 0 amide bonds. The maximum Gasteiger partial charge on any atom is 0.221 e. The molecule has 1 aromatic heterocycles. The van der Waals surface area contributed by atoms with Gasteiger partial charge in [0.1, 0.15) is 5.82 Å². The van der Waals surface area contributed by atoms with E-state index in [1.807, 2.05) is 0 Å². The molecule has 76 valence electrons. The predicted octanol–water partition coefficient (Wildman–Crippen LogP) is 0.386. The van der Waals surface area contributed by atoms with E-state index >= 15 is 0 Å². The Labute approximate surface area is 82.4 Å². The van der Waals surface area contributed by atoms with Crippen LogP contribution < -0.4 is 11.1 Å².